The second-order valence-electron chi connectivity index (χ2n) is 8.68. The smallest absolute Gasteiger partial charge is 0.234 e. The van der Waals surface area contributed by atoms with Gasteiger partial charge in [-0.05, 0) is 16.7 Å². The topological polar surface area (TPSA) is 46.6 Å². The summed E-state index contributed by atoms with van der Waals surface area (Å²) in [6.45, 7) is 1.07. The van der Waals surface area contributed by atoms with Crippen LogP contribution in [0, 0.1) is 11.8 Å². The first-order chi connectivity index (χ1) is 16.2. The molecule has 0 radical (unpaired) electrons. The molecule has 0 saturated carbocycles. The summed E-state index contributed by atoms with van der Waals surface area (Å²) in [5.41, 5.74) is 3.21. The Morgan fingerprint density at radius 2 is 1.09 bits per heavy atom. The van der Waals surface area contributed by atoms with Gasteiger partial charge in [0.15, 0.2) is 0 Å². The number of rotatable bonds is 7. The first kappa shape index (κ1) is 21.4. The summed E-state index contributed by atoms with van der Waals surface area (Å²) in [6.07, 6.45) is 4.24. The molecular formula is C29H27NO3. The monoisotopic (exact) mass is 437 g/mol. The van der Waals surface area contributed by atoms with Gasteiger partial charge in [-0.2, -0.15) is 0 Å². The van der Waals surface area contributed by atoms with Crippen molar-refractivity contribution in [1.82, 2.24) is 4.90 Å². The Morgan fingerprint density at radius 3 is 1.58 bits per heavy atom. The van der Waals surface area contributed by atoms with Crippen molar-refractivity contribution >= 4 is 11.8 Å². The largest absolute Gasteiger partial charge is 0.375 e. The van der Waals surface area contributed by atoms with Crippen LogP contribution < -0.4 is 0 Å². The van der Waals surface area contributed by atoms with E-state index in [2.05, 4.69) is 12.2 Å². The fourth-order valence-electron chi connectivity index (χ4n) is 5.14. The molecule has 0 spiro atoms. The number of likely N-dealkylation sites (tertiary alicyclic amines) is 1. The molecule has 0 N–H and O–H groups in total. The second kappa shape index (κ2) is 9.55. The van der Waals surface area contributed by atoms with E-state index in [1.807, 2.05) is 91.0 Å². The molecule has 33 heavy (non-hydrogen) atoms. The molecule has 2 amide bonds. The van der Waals surface area contributed by atoms with Crippen LogP contribution in [0.1, 0.15) is 28.5 Å². The van der Waals surface area contributed by atoms with Crippen molar-refractivity contribution < 1.29 is 14.3 Å². The highest BCUT2D eigenvalue weighted by Crippen LogP contribution is 2.49. The van der Waals surface area contributed by atoms with Crippen molar-refractivity contribution in [3.05, 3.63) is 120 Å². The lowest BCUT2D eigenvalue weighted by atomic mass is 9.68. The number of nitrogens with zero attached hydrogens (tertiary/aromatic N) is 1. The Hall–Kier alpha value is -3.50. The molecule has 1 aliphatic heterocycles. The van der Waals surface area contributed by atoms with Crippen molar-refractivity contribution in [3.63, 3.8) is 0 Å². The zero-order valence-electron chi connectivity index (χ0n) is 18.4. The minimum Gasteiger partial charge on any atom is -0.375 e. The second-order valence-corrected chi connectivity index (χ2v) is 8.68. The molecular weight excluding hydrogens is 410 g/mol. The van der Waals surface area contributed by atoms with E-state index in [4.69, 9.17) is 4.74 Å². The number of fused-ring (bicyclic) bond motifs is 1. The molecule has 166 valence electrons. The van der Waals surface area contributed by atoms with Gasteiger partial charge in [0.2, 0.25) is 11.8 Å². The third kappa shape index (κ3) is 4.27. The molecule has 3 aromatic rings. The summed E-state index contributed by atoms with van der Waals surface area (Å²) < 4.78 is 5.79. The molecule has 0 unspecified atom stereocenters. The molecule has 4 heteroatoms. The van der Waals surface area contributed by atoms with E-state index in [1.165, 1.54) is 4.90 Å². The number of hydrogen-bond acceptors (Lipinski definition) is 3. The molecule has 5 rings (SSSR count). The zero-order chi connectivity index (χ0) is 22.6. The summed E-state index contributed by atoms with van der Waals surface area (Å²) >= 11 is 0. The van der Waals surface area contributed by atoms with Crippen LogP contribution in [-0.2, 0) is 20.9 Å². The number of ether oxygens (including phenoxy) is 1. The summed E-state index contributed by atoms with van der Waals surface area (Å²) in [4.78, 5) is 28.6. The predicted octanol–water partition coefficient (Wildman–Crippen LogP) is 4.94. The first-order valence-electron chi connectivity index (χ1n) is 11.5. The Kier molecular flexibility index (Phi) is 6.18. The van der Waals surface area contributed by atoms with E-state index < -0.39 is 11.8 Å². The highest BCUT2D eigenvalue weighted by Gasteiger charge is 2.54. The van der Waals surface area contributed by atoms with E-state index in [1.54, 1.807) is 0 Å². The van der Waals surface area contributed by atoms with Crippen molar-refractivity contribution in [1.29, 1.82) is 0 Å². The number of carbonyl (C=O) groups is 2. The number of benzene rings is 3. The Morgan fingerprint density at radius 1 is 0.636 bits per heavy atom. The summed E-state index contributed by atoms with van der Waals surface area (Å²) in [6, 6.07) is 29.9. The number of amides is 2. The van der Waals surface area contributed by atoms with Gasteiger partial charge < -0.3 is 4.74 Å². The van der Waals surface area contributed by atoms with Gasteiger partial charge >= 0.3 is 0 Å². The number of allylic oxidation sites excluding steroid dienone is 2. The zero-order valence-corrected chi connectivity index (χ0v) is 18.4. The van der Waals surface area contributed by atoms with E-state index >= 15 is 0 Å². The lowest BCUT2D eigenvalue weighted by molar-refractivity contribution is -0.140. The van der Waals surface area contributed by atoms with Crippen LogP contribution in [0.15, 0.2) is 103 Å². The third-order valence-corrected chi connectivity index (χ3v) is 6.73. The maximum atomic E-state index is 13.6. The van der Waals surface area contributed by atoms with Crippen molar-refractivity contribution in [3.8, 4) is 0 Å². The van der Waals surface area contributed by atoms with Crippen LogP contribution in [0.25, 0.3) is 0 Å². The SMILES string of the molecule is O=C1[C@@H]2[C@H](C(=O)N1CCOCc1ccccc1)[C@@H](c1ccccc1)C=C[C@@H]2c1ccccc1. The molecule has 0 bridgehead atoms. The molecule has 1 heterocycles. The summed E-state index contributed by atoms with van der Waals surface area (Å²) in [5.74, 6) is -1.20. The normalized spacial score (nSPS) is 24.2. The van der Waals surface area contributed by atoms with Crippen molar-refractivity contribution in [2.24, 2.45) is 11.8 Å². The number of hydrogen-bond donors (Lipinski definition) is 0. The minimum atomic E-state index is -0.399. The fraction of sp³-hybridized carbons (Fsp3) is 0.241. The van der Waals surface area contributed by atoms with E-state index in [9.17, 15) is 9.59 Å². The Bertz CT molecular complexity index is 1060. The van der Waals surface area contributed by atoms with Crippen LogP contribution in [0.2, 0.25) is 0 Å². The lowest BCUT2D eigenvalue weighted by Crippen LogP contribution is -2.34. The van der Waals surface area contributed by atoms with E-state index in [0.29, 0.717) is 13.2 Å². The van der Waals surface area contributed by atoms with Gasteiger partial charge in [-0.15, -0.1) is 0 Å². The lowest BCUT2D eigenvalue weighted by Gasteiger charge is -2.32. The van der Waals surface area contributed by atoms with Crippen LogP contribution in [0.3, 0.4) is 0 Å². The molecule has 2 aliphatic rings. The number of imide groups is 1. The average molecular weight is 438 g/mol. The molecule has 1 aliphatic carbocycles. The van der Waals surface area contributed by atoms with Gasteiger partial charge in [0.1, 0.15) is 0 Å². The minimum absolute atomic E-state index is 0.0903. The molecule has 1 saturated heterocycles. The predicted molar refractivity (Wildman–Crippen MR) is 127 cm³/mol. The number of carbonyl (C=O) groups excluding carboxylic acids is 2. The fourth-order valence-corrected chi connectivity index (χ4v) is 5.14. The van der Waals surface area contributed by atoms with Gasteiger partial charge in [-0.1, -0.05) is 103 Å². The maximum absolute atomic E-state index is 13.6. The highest BCUT2D eigenvalue weighted by molar-refractivity contribution is 6.06. The summed E-state index contributed by atoms with van der Waals surface area (Å²) in [7, 11) is 0. The summed E-state index contributed by atoms with van der Waals surface area (Å²) in [5, 5.41) is 0. The molecule has 3 aromatic carbocycles. The highest BCUT2D eigenvalue weighted by atomic mass is 16.5. The van der Waals surface area contributed by atoms with Crippen molar-refractivity contribution in [2.75, 3.05) is 13.2 Å². The standard InChI is InChI=1S/C29H27NO3/c31-28-26-24(22-12-6-2-7-13-22)16-17-25(23-14-8-3-9-15-23)27(26)29(32)30(28)18-19-33-20-21-10-4-1-5-11-21/h1-17,24-27H,18-20H2/t24-,25-,26-,27+/m1/s1. The van der Waals surface area contributed by atoms with Crippen molar-refractivity contribution in [2.45, 2.75) is 18.4 Å². The van der Waals surface area contributed by atoms with Gasteiger partial charge in [-0.3, -0.25) is 14.5 Å². The quantitative estimate of drug-likeness (QED) is 0.299. The van der Waals surface area contributed by atoms with Gasteiger partial charge in [0.05, 0.1) is 31.6 Å². The average Bonchev–Trinajstić information content (AvgIpc) is 3.13. The van der Waals surface area contributed by atoms with Gasteiger partial charge in [-0.25, -0.2) is 0 Å². The molecule has 0 aromatic heterocycles. The van der Waals surface area contributed by atoms with Crippen LogP contribution in [0.5, 0.6) is 0 Å². The molecule has 4 atom stereocenters. The van der Waals surface area contributed by atoms with Crippen LogP contribution >= 0.6 is 0 Å². The third-order valence-electron chi connectivity index (χ3n) is 6.73. The van der Waals surface area contributed by atoms with Gasteiger partial charge in [0.25, 0.3) is 0 Å². The first-order valence-corrected chi connectivity index (χ1v) is 11.5. The van der Waals surface area contributed by atoms with Crippen LogP contribution in [-0.4, -0.2) is 29.9 Å². The van der Waals surface area contributed by atoms with Crippen LogP contribution in [0.4, 0.5) is 0 Å². The van der Waals surface area contributed by atoms with Gasteiger partial charge in [0, 0.05) is 11.8 Å². The molecule has 4 nitrogen and oxygen atoms in total. The Labute approximate surface area is 194 Å². The maximum Gasteiger partial charge on any atom is 0.234 e. The van der Waals surface area contributed by atoms with E-state index in [0.717, 1.165) is 16.7 Å². The van der Waals surface area contributed by atoms with E-state index in [-0.39, 0.29) is 30.2 Å². The Balaban J connectivity index is 1.38. The molecule has 1 fully saturated rings.